The maximum absolute atomic E-state index is 10.6. The summed E-state index contributed by atoms with van der Waals surface area (Å²) in [5.74, 6) is -0.239. The zero-order valence-corrected chi connectivity index (χ0v) is 13.2. The van der Waals surface area contributed by atoms with Gasteiger partial charge >= 0.3 is 12.1 Å². The van der Waals surface area contributed by atoms with E-state index < -0.39 is 12.1 Å². The Hall–Kier alpha value is -1.54. The second-order valence-electron chi connectivity index (χ2n) is 5.69. The van der Waals surface area contributed by atoms with E-state index in [9.17, 15) is 18.3 Å². The molecule has 1 atom stereocenters. The van der Waals surface area contributed by atoms with E-state index in [0.29, 0.717) is 12.5 Å². The summed E-state index contributed by atoms with van der Waals surface area (Å²) in [4.78, 5) is 11.3. The molecule has 2 heterocycles. The summed E-state index contributed by atoms with van der Waals surface area (Å²) in [7, 11) is 0. The Morgan fingerprint density at radius 1 is 1.43 bits per heavy atom. The van der Waals surface area contributed by atoms with Gasteiger partial charge in [-0.25, -0.2) is 4.79 Å². The second kappa shape index (κ2) is 8.35. The van der Waals surface area contributed by atoms with Gasteiger partial charge in [-0.3, -0.25) is 4.90 Å². The van der Waals surface area contributed by atoms with Gasteiger partial charge < -0.3 is 14.6 Å². The monoisotopic (exact) mass is 337 g/mol. The van der Waals surface area contributed by atoms with Gasteiger partial charge in [0.05, 0.1) is 6.54 Å². The lowest BCUT2D eigenvalue weighted by Gasteiger charge is -2.31. The number of carboxylic acid groups (broad SMARTS) is 1. The number of aliphatic carboxylic acids is 1. The summed E-state index contributed by atoms with van der Waals surface area (Å²) >= 11 is 0. The molecule has 1 aliphatic heterocycles. The largest absolute Gasteiger partial charge is 0.490 e. The van der Waals surface area contributed by atoms with Crippen molar-refractivity contribution in [3.05, 3.63) is 23.2 Å². The summed E-state index contributed by atoms with van der Waals surface area (Å²) in [6, 6.07) is 2.09. The fourth-order valence-electron chi connectivity index (χ4n) is 2.49. The third kappa shape index (κ3) is 6.62. The Kier molecular flexibility index (Phi) is 7.08. The number of nitrogens with zero attached hydrogens (tertiary/aromatic N) is 1. The zero-order valence-electron chi connectivity index (χ0n) is 13.2. The van der Waals surface area contributed by atoms with Crippen molar-refractivity contribution >= 4 is 5.97 Å². The van der Waals surface area contributed by atoms with E-state index >= 15 is 0 Å². The number of aliphatic hydroxyl groups excluding tert-OH is 1. The maximum atomic E-state index is 10.6. The molecule has 2 N–H and O–H groups in total. The number of halogens is 3. The molecule has 1 unspecified atom stereocenters. The molecule has 0 aromatic carbocycles. The molecule has 1 saturated heterocycles. The molecular formula is C15H22F3NO4. The summed E-state index contributed by atoms with van der Waals surface area (Å²) in [6.45, 7) is 7.40. The number of hydrogen-bond acceptors (Lipinski definition) is 4. The topological polar surface area (TPSA) is 73.9 Å². The fraction of sp³-hybridized carbons (Fsp3) is 0.667. The highest BCUT2D eigenvalue weighted by atomic mass is 19.4. The van der Waals surface area contributed by atoms with E-state index in [1.807, 2.05) is 6.92 Å². The average Bonchev–Trinajstić information content (AvgIpc) is 2.76. The van der Waals surface area contributed by atoms with E-state index in [4.69, 9.17) is 14.3 Å². The van der Waals surface area contributed by atoms with Crippen LogP contribution in [0.1, 0.15) is 29.9 Å². The molecule has 0 amide bonds. The molecule has 0 spiro atoms. The zero-order chi connectivity index (χ0) is 17.6. The lowest BCUT2D eigenvalue weighted by atomic mass is 9.99. The minimum atomic E-state index is -5.08. The maximum Gasteiger partial charge on any atom is 0.490 e. The standard InChI is InChI=1S/C13H21NO2.C2HF3O2/c1-10-6-11(2)16-13(10)8-14-5-3-4-12(7-14)9-15;3-2(4,5)1(6)7/h6,12,15H,3-5,7-9H2,1-2H3;(H,6,7). The molecule has 0 saturated carbocycles. The van der Waals surface area contributed by atoms with Gasteiger partial charge in [-0.1, -0.05) is 0 Å². The van der Waals surface area contributed by atoms with Crippen LogP contribution < -0.4 is 0 Å². The van der Waals surface area contributed by atoms with Gasteiger partial charge in [0.15, 0.2) is 0 Å². The van der Waals surface area contributed by atoms with Crippen molar-refractivity contribution in [2.75, 3.05) is 19.7 Å². The van der Waals surface area contributed by atoms with E-state index in [1.54, 1.807) is 0 Å². The van der Waals surface area contributed by atoms with E-state index in [-0.39, 0.29) is 0 Å². The highest BCUT2D eigenvalue weighted by Gasteiger charge is 2.38. The molecule has 0 radical (unpaired) electrons. The number of furan rings is 1. The molecule has 1 aromatic heterocycles. The summed E-state index contributed by atoms with van der Waals surface area (Å²) in [5, 5.41) is 16.3. The Bertz CT molecular complexity index is 513. The number of alkyl halides is 3. The summed E-state index contributed by atoms with van der Waals surface area (Å²) in [6.07, 6.45) is -2.74. The molecular weight excluding hydrogens is 315 g/mol. The number of aliphatic hydroxyl groups is 1. The normalized spacial score (nSPS) is 19.1. The van der Waals surface area contributed by atoms with Crippen molar-refractivity contribution in [2.45, 2.75) is 39.4 Å². The van der Waals surface area contributed by atoms with Crippen molar-refractivity contribution in [3.63, 3.8) is 0 Å². The number of rotatable bonds is 3. The number of piperidine rings is 1. The van der Waals surface area contributed by atoms with Crippen LogP contribution in [0.2, 0.25) is 0 Å². The van der Waals surface area contributed by atoms with Crippen molar-refractivity contribution in [1.82, 2.24) is 4.90 Å². The number of aryl methyl sites for hydroxylation is 2. The first-order valence-corrected chi connectivity index (χ1v) is 7.32. The fourth-order valence-corrected chi connectivity index (χ4v) is 2.49. The highest BCUT2D eigenvalue weighted by Crippen LogP contribution is 2.21. The van der Waals surface area contributed by atoms with Gasteiger partial charge in [-0.15, -0.1) is 0 Å². The molecule has 1 aromatic rings. The van der Waals surface area contributed by atoms with Crippen LogP contribution in [0.5, 0.6) is 0 Å². The lowest BCUT2D eigenvalue weighted by Crippen LogP contribution is -2.36. The van der Waals surface area contributed by atoms with Crippen molar-refractivity contribution in [3.8, 4) is 0 Å². The average molecular weight is 337 g/mol. The van der Waals surface area contributed by atoms with Crippen LogP contribution in [-0.2, 0) is 11.3 Å². The molecule has 1 fully saturated rings. The molecule has 0 aliphatic carbocycles. The van der Waals surface area contributed by atoms with Gasteiger partial charge in [0, 0.05) is 13.2 Å². The molecule has 23 heavy (non-hydrogen) atoms. The molecule has 0 bridgehead atoms. The lowest BCUT2D eigenvalue weighted by molar-refractivity contribution is -0.192. The van der Waals surface area contributed by atoms with Crippen LogP contribution in [0, 0.1) is 19.8 Å². The van der Waals surface area contributed by atoms with Crippen molar-refractivity contribution in [2.24, 2.45) is 5.92 Å². The van der Waals surface area contributed by atoms with Gasteiger partial charge in [0.25, 0.3) is 0 Å². The summed E-state index contributed by atoms with van der Waals surface area (Å²) in [5.41, 5.74) is 1.24. The molecule has 132 valence electrons. The van der Waals surface area contributed by atoms with Crippen LogP contribution in [-0.4, -0.2) is 47.0 Å². The van der Waals surface area contributed by atoms with Crippen LogP contribution >= 0.6 is 0 Å². The minimum absolute atomic E-state index is 0.312. The first-order chi connectivity index (χ1) is 10.6. The van der Waals surface area contributed by atoms with Crippen LogP contribution in [0.15, 0.2) is 10.5 Å². The Morgan fingerprint density at radius 3 is 2.48 bits per heavy atom. The molecule has 2 rings (SSSR count). The summed E-state index contributed by atoms with van der Waals surface area (Å²) < 4.78 is 37.4. The molecule has 5 nitrogen and oxygen atoms in total. The highest BCUT2D eigenvalue weighted by molar-refractivity contribution is 5.73. The number of hydrogen-bond donors (Lipinski definition) is 2. The minimum Gasteiger partial charge on any atom is -0.475 e. The van der Waals surface area contributed by atoms with Gasteiger partial charge in [-0.2, -0.15) is 13.2 Å². The first-order valence-electron chi connectivity index (χ1n) is 7.32. The van der Waals surface area contributed by atoms with Crippen molar-refractivity contribution in [1.29, 1.82) is 0 Å². The SMILES string of the molecule is Cc1cc(C)c(CN2CCCC(CO)C2)o1.O=C(O)C(F)(F)F. The number of carboxylic acids is 1. The van der Waals surface area contributed by atoms with Crippen LogP contribution in [0.3, 0.4) is 0 Å². The Labute approximate surface area is 132 Å². The van der Waals surface area contributed by atoms with Crippen LogP contribution in [0.25, 0.3) is 0 Å². The smallest absolute Gasteiger partial charge is 0.475 e. The molecule has 8 heteroatoms. The Morgan fingerprint density at radius 2 is 2.04 bits per heavy atom. The predicted octanol–water partition coefficient (Wildman–Crippen LogP) is 2.73. The van der Waals surface area contributed by atoms with Crippen molar-refractivity contribution < 1.29 is 32.6 Å². The van der Waals surface area contributed by atoms with E-state index in [1.165, 1.54) is 12.0 Å². The van der Waals surface area contributed by atoms with Gasteiger partial charge in [-0.05, 0) is 50.8 Å². The van der Waals surface area contributed by atoms with Crippen LogP contribution in [0.4, 0.5) is 13.2 Å². The Balaban J connectivity index is 0.000000322. The molecule has 1 aliphatic rings. The van der Waals surface area contributed by atoms with Gasteiger partial charge in [0.1, 0.15) is 11.5 Å². The number of likely N-dealkylation sites (tertiary alicyclic amines) is 1. The second-order valence-corrected chi connectivity index (χ2v) is 5.69. The number of carbonyl (C=O) groups is 1. The predicted molar refractivity (Wildman–Crippen MR) is 77.0 cm³/mol. The van der Waals surface area contributed by atoms with E-state index in [0.717, 1.165) is 37.6 Å². The third-order valence-corrected chi connectivity index (χ3v) is 3.61. The third-order valence-electron chi connectivity index (χ3n) is 3.61. The van der Waals surface area contributed by atoms with Gasteiger partial charge in [0.2, 0.25) is 0 Å². The van der Waals surface area contributed by atoms with E-state index in [2.05, 4.69) is 17.9 Å². The quantitative estimate of drug-likeness (QED) is 0.887. The first kappa shape index (κ1) is 19.5.